The molecule has 12 rings (SSSR count). The number of oxazole rings is 1. The van der Waals surface area contributed by atoms with E-state index in [1.54, 1.807) is 0 Å². The summed E-state index contributed by atoms with van der Waals surface area (Å²) in [5.74, 6) is 0.555. The molecule has 0 radical (unpaired) electrons. The highest BCUT2D eigenvalue weighted by molar-refractivity contribution is 6.07. The molecular formula is C53H32N2O3. The van der Waals surface area contributed by atoms with Crippen molar-refractivity contribution >= 4 is 82.8 Å². The summed E-state index contributed by atoms with van der Waals surface area (Å²) in [6, 6.07) is 67.6. The van der Waals surface area contributed by atoms with Crippen molar-refractivity contribution in [2.45, 2.75) is 0 Å². The minimum absolute atomic E-state index is 0.555. The third-order valence-electron chi connectivity index (χ3n) is 11.3. The zero-order valence-corrected chi connectivity index (χ0v) is 31.1. The van der Waals surface area contributed by atoms with Gasteiger partial charge in [-0.1, -0.05) is 115 Å². The lowest BCUT2D eigenvalue weighted by molar-refractivity contribution is 0.619. The summed E-state index contributed by atoms with van der Waals surface area (Å²) in [4.78, 5) is 7.35. The number of fused-ring (bicyclic) bond motifs is 8. The first-order chi connectivity index (χ1) is 28.7. The summed E-state index contributed by atoms with van der Waals surface area (Å²) in [5.41, 5.74) is 13.2. The number of nitrogens with zero attached hydrogens (tertiary/aromatic N) is 2. The SMILES string of the molecule is c1cc(-c2cccc3ccccc23)cc(N(c2ccc(-c3cccc4oc(-c5ccc6c(c5)oc5ccccc56)nc34)cc2)c2ccc3c(c2)oc2ccccc23)c1. The second kappa shape index (κ2) is 12.8. The van der Waals surface area contributed by atoms with Crippen molar-refractivity contribution in [2.75, 3.05) is 4.90 Å². The quantitative estimate of drug-likeness (QED) is 0.170. The normalized spacial score (nSPS) is 11.8. The maximum atomic E-state index is 6.40. The van der Waals surface area contributed by atoms with E-state index in [2.05, 4.69) is 150 Å². The molecule has 0 spiro atoms. The predicted octanol–water partition coefficient (Wildman–Crippen LogP) is 15.3. The van der Waals surface area contributed by atoms with Crippen LogP contribution in [0.25, 0.3) is 99.5 Å². The number of aromatic nitrogens is 1. The smallest absolute Gasteiger partial charge is 0.227 e. The van der Waals surface area contributed by atoms with Crippen LogP contribution in [0.5, 0.6) is 0 Å². The molecule has 0 aliphatic heterocycles. The van der Waals surface area contributed by atoms with Crippen LogP contribution in [0.2, 0.25) is 0 Å². The highest BCUT2D eigenvalue weighted by atomic mass is 16.4. The van der Waals surface area contributed by atoms with Gasteiger partial charge in [-0.2, -0.15) is 0 Å². The minimum atomic E-state index is 0.555. The average molecular weight is 745 g/mol. The van der Waals surface area contributed by atoms with E-state index >= 15 is 0 Å². The van der Waals surface area contributed by atoms with Crippen LogP contribution in [-0.4, -0.2) is 4.98 Å². The van der Waals surface area contributed by atoms with Crippen molar-refractivity contribution in [3.63, 3.8) is 0 Å². The molecule has 0 atom stereocenters. The Morgan fingerprint density at radius 1 is 0.328 bits per heavy atom. The average Bonchev–Trinajstić information content (AvgIpc) is 4.00. The van der Waals surface area contributed by atoms with Gasteiger partial charge in [0.2, 0.25) is 5.89 Å². The molecule has 0 bridgehead atoms. The van der Waals surface area contributed by atoms with E-state index < -0.39 is 0 Å². The lowest BCUT2D eigenvalue weighted by Crippen LogP contribution is -2.10. The lowest BCUT2D eigenvalue weighted by atomic mass is 9.97. The Balaban J connectivity index is 0.957. The molecule has 0 saturated carbocycles. The number of para-hydroxylation sites is 3. The maximum Gasteiger partial charge on any atom is 0.227 e. The Morgan fingerprint density at radius 3 is 1.71 bits per heavy atom. The zero-order chi connectivity index (χ0) is 38.2. The van der Waals surface area contributed by atoms with Crippen molar-refractivity contribution < 1.29 is 13.3 Å². The molecule has 9 aromatic carbocycles. The molecule has 0 fully saturated rings. The van der Waals surface area contributed by atoms with Gasteiger partial charge in [0.05, 0.1) is 0 Å². The molecule has 58 heavy (non-hydrogen) atoms. The number of rotatable bonds is 6. The van der Waals surface area contributed by atoms with Crippen LogP contribution in [-0.2, 0) is 0 Å². The van der Waals surface area contributed by atoms with E-state index in [0.717, 1.165) is 94.3 Å². The van der Waals surface area contributed by atoms with Gasteiger partial charge in [0.15, 0.2) is 5.58 Å². The molecule has 0 unspecified atom stereocenters. The fraction of sp³-hybridized carbons (Fsp3) is 0. The molecule has 3 heterocycles. The van der Waals surface area contributed by atoms with E-state index in [9.17, 15) is 0 Å². The molecular weight excluding hydrogens is 713 g/mol. The van der Waals surface area contributed by atoms with Crippen molar-refractivity contribution in [2.24, 2.45) is 0 Å². The molecule has 0 saturated heterocycles. The van der Waals surface area contributed by atoms with Crippen molar-refractivity contribution in [1.82, 2.24) is 4.98 Å². The van der Waals surface area contributed by atoms with Crippen LogP contribution in [0.1, 0.15) is 0 Å². The fourth-order valence-electron chi connectivity index (χ4n) is 8.54. The van der Waals surface area contributed by atoms with Gasteiger partial charge in [0.25, 0.3) is 0 Å². The van der Waals surface area contributed by atoms with Crippen molar-refractivity contribution in [3.8, 4) is 33.7 Å². The molecule has 3 aromatic heterocycles. The standard InChI is InChI=1S/C53H32N2O3/c1-2-14-40-33(10-1)11-8-17-41(40)35-12-7-13-38(30-35)55(39-27-29-46-44-16-4-6-20-48(44)57-51(46)32-39)37-25-22-34(23-26-37)42-18-9-21-49-52(42)54-53(58-49)36-24-28-45-43-15-3-5-19-47(43)56-50(45)31-36/h1-32H. The predicted molar refractivity (Wildman–Crippen MR) is 237 cm³/mol. The minimum Gasteiger partial charge on any atom is -0.456 e. The Hall–Kier alpha value is -7.89. The van der Waals surface area contributed by atoms with Crippen molar-refractivity contribution in [1.29, 1.82) is 0 Å². The molecule has 0 amide bonds. The zero-order valence-electron chi connectivity index (χ0n) is 31.1. The summed E-state index contributed by atoms with van der Waals surface area (Å²) in [6.07, 6.45) is 0. The van der Waals surface area contributed by atoms with Gasteiger partial charge < -0.3 is 18.2 Å². The molecule has 0 N–H and O–H groups in total. The summed E-state index contributed by atoms with van der Waals surface area (Å²) >= 11 is 0. The molecule has 12 aromatic rings. The molecule has 0 aliphatic carbocycles. The first kappa shape index (κ1) is 32.4. The number of furan rings is 2. The largest absolute Gasteiger partial charge is 0.456 e. The highest BCUT2D eigenvalue weighted by Gasteiger charge is 2.19. The van der Waals surface area contributed by atoms with Crippen LogP contribution >= 0.6 is 0 Å². The van der Waals surface area contributed by atoms with E-state index in [-0.39, 0.29) is 0 Å². The Labute approximate surface area is 332 Å². The van der Waals surface area contributed by atoms with Gasteiger partial charge >= 0.3 is 0 Å². The third-order valence-corrected chi connectivity index (χ3v) is 11.3. The number of hydrogen-bond donors (Lipinski definition) is 0. The lowest BCUT2D eigenvalue weighted by Gasteiger charge is -2.26. The van der Waals surface area contributed by atoms with Crippen LogP contribution in [0.15, 0.2) is 207 Å². The topological polar surface area (TPSA) is 55.6 Å². The van der Waals surface area contributed by atoms with Gasteiger partial charge in [0.1, 0.15) is 27.8 Å². The van der Waals surface area contributed by atoms with Gasteiger partial charge in [0, 0.05) is 55.8 Å². The summed E-state index contributed by atoms with van der Waals surface area (Å²) in [5, 5.41) is 6.81. The second-order valence-electron chi connectivity index (χ2n) is 14.7. The van der Waals surface area contributed by atoms with E-state index in [1.807, 2.05) is 48.5 Å². The van der Waals surface area contributed by atoms with Crippen LogP contribution in [0, 0.1) is 0 Å². The third kappa shape index (κ3) is 5.21. The highest BCUT2D eigenvalue weighted by Crippen LogP contribution is 2.42. The van der Waals surface area contributed by atoms with Crippen LogP contribution < -0.4 is 4.90 Å². The Kier molecular flexibility index (Phi) is 7.16. The number of benzene rings is 9. The molecule has 5 nitrogen and oxygen atoms in total. The van der Waals surface area contributed by atoms with Crippen LogP contribution in [0.3, 0.4) is 0 Å². The molecule has 5 heteroatoms. The van der Waals surface area contributed by atoms with Gasteiger partial charge in [-0.3, -0.25) is 0 Å². The summed E-state index contributed by atoms with van der Waals surface area (Å²) < 4.78 is 19.0. The summed E-state index contributed by atoms with van der Waals surface area (Å²) in [6.45, 7) is 0. The molecule has 272 valence electrons. The van der Waals surface area contributed by atoms with Gasteiger partial charge in [-0.15, -0.1) is 0 Å². The van der Waals surface area contributed by atoms with Crippen LogP contribution in [0.4, 0.5) is 17.1 Å². The van der Waals surface area contributed by atoms with Gasteiger partial charge in [-0.25, -0.2) is 4.98 Å². The Bertz CT molecular complexity index is 3530. The number of hydrogen-bond acceptors (Lipinski definition) is 5. The number of anilines is 3. The molecule has 0 aliphatic rings. The van der Waals surface area contributed by atoms with E-state index in [1.165, 1.54) is 16.3 Å². The second-order valence-corrected chi connectivity index (χ2v) is 14.7. The Morgan fingerprint density at radius 2 is 0.897 bits per heavy atom. The first-order valence-corrected chi connectivity index (χ1v) is 19.4. The van der Waals surface area contributed by atoms with E-state index in [4.69, 9.17) is 18.2 Å². The summed E-state index contributed by atoms with van der Waals surface area (Å²) in [7, 11) is 0. The van der Waals surface area contributed by atoms with Gasteiger partial charge in [-0.05, 0) is 100 Å². The monoisotopic (exact) mass is 744 g/mol. The van der Waals surface area contributed by atoms with Crippen molar-refractivity contribution in [3.05, 3.63) is 194 Å². The van der Waals surface area contributed by atoms with E-state index in [0.29, 0.717) is 5.89 Å². The fourth-order valence-corrected chi connectivity index (χ4v) is 8.54. The first-order valence-electron chi connectivity index (χ1n) is 19.4. The maximum absolute atomic E-state index is 6.40.